The maximum Gasteiger partial charge on any atom is 0.228 e. The first kappa shape index (κ1) is 18.5. The van der Waals surface area contributed by atoms with Crippen LogP contribution in [0.3, 0.4) is 0 Å². The summed E-state index contributed by atoms with van der Waals surface area (Å²) in [6.07, 6.45) is 1.33. The van der Waals surface area contributed by atoms with E-state index < -0.39 is 0 Å². The number of hydrogen-bond acceptors (Lipinski definition) is 2. The molecule has 0 saturated heterocycles. The molecule has 136 valence electrons. The normalized spacial score (nSPS) is 18.3. The molecule has 2 aromatic carbocycles. The highest BCUT2D eigenvalue weighted by Crippen LogP contribution is 2.39. The molecule has 0 spiro atoms. The van der Waals surface area contributed by atoms with Crippen LogP contribution >= 0.6 is 11.6 Å². The Kier molecular flexibility index (Phi) is 5.62. The second-order valence-electron chi connectivity index (χ2n) is 6.93. The summed E-state index contributed by atoms with van der Waals surface area (Å²) < 4.78 is 0. The van der Waals surface area contributed by atoms with E-state index in [9.17, 15) is 9.59 Å². The minimum absolute atomic E-state index is 0.0483. The van der Waals surface area contributed by atoms with Crippen molar-refractivity contribution in [1.29, 1.82) is 0 Å². The first-order valence-corrected chi connectivity index (χ1v) is 9.22. The first-order chi connectivity index (χ1) is 12.4. The number of hydrogen-bond donors (Lipinski definition) is 2. The summed E-state index contributed by atoms with van der Waals surface area (Å²) >= 11 is 5.96. The lowest BCUT2D eigenvalue weighted by Gasteiger charge is -2.09. The largest absolute Gasteiger partial charge is 0.356 e. The molecule has 2 aromatic rings. The molecular weight excluding hydrogens is 348 g/mol. The molecule has 1 aliphatic rings. The van der Waals surface area contributed by atoms with Crippen LogP contribution < -0.4 is 10.6 Å². The number of rotatable bonds is 6. The van der Waals surface area contributed by atoms with Crippen molar-refractivity contribution in [2.24, 2.45) is 11.8 Å². The van der Waals surface area contributed by atoms with E-state index >= 15 is 0 Å². The second-order valence-corrected chi connectivity index (χ2v) is 7.36. The molecule has 1 fully saturated rings. The number of carbonyl (C=O) groups is 2. The molecule has 0 heterocycles. The molecule has 2 N–H and O–H groups in total. The van der Waals surface area contributed by atoms with E-state index in [2.05, 4.69) is 10.6 Å². The number of benzene rings is 2. The van der Waals surface area contributed by atoms with Crippen molar-refractivity contribution >= 4 is 29.1 Å². The van der Waals surface area contributed by atoms with E-state index in [4.69, 9.17) is 11.6 Å². The van der Waals surface area contributed by atoms with Crippen molar-refractivity contribution in [3.63, 3.8) is 0 Å². The maximum atomic E-state index is 12.4. The smallest absolute Gasteiger partial charge is 0.228 e. The molecule has 1 aliphatic carbocycles. The molecule has 2 atom stereocenters. The van der Waals surface area contributed by atoms with Crippen LogP contribution in [0.25, 0.3) is 0 Å². The molecule has 0 aliphatic heterocycles. The van der Waals surface area contributed by atoms with Crippen molar-refractivity contribution in [3.05, 3.63) is 64.2 Å². The van der Waals surface area contributed by atoms with Gasteiger partial charge in [0.2, 0.25) is 11.8 Å². The summed E-state index contributed by atoms with van der Waals surface area (Å²) in [5.74, 6) is -0.582. The van der Waals surface area contributed by atoms with Gasteiger partial charge in [0, 0.05) is 17.3 Å². The fraction of sp³-hybridized carbons (Fsp3) is 0.333. The standard InChI is InChI=1S/C21H23ClN2O2/c1-13-6-7-19(14(2)10-13)24-21(26)18-12-17(18)20(25)23-9-8-15-4-3-5-16(22)11-15/h3-7,10-11,17-18H,8-9,12H2,1-2H3,(H,23,25)(H,24,26). The first-order valence-electron chi connectivity index (χ1n) is 8.84. The summed E-state index contributed by atoms with van der Waals surface area (Å²) in [7, 11) is 0. The van der Waals surface area contributed by atoms with Crippen LogP contribution in [0, 0.1) is 25.7 Å². The minimum Gasteiger partial charge on any atom is -0.356 e. The van der Waals surface area contributed by atoms with Crippen LogP contribution in [0.1, 0.15) is 23.1 Å². The van der Waals surface area contributed by atoms with Crippen LogP contribution in [0.4, 0.5) is 5.69 Å². The Morgan fingerprint density at radius 3 is 2.58 bits per heavy atom. The maximum absolute atomic E-state index is 12.4. The van der Waals surface area contributed by atoms with Gasteiger partial charge in [0.15, 0.2) is 0 Å². The Labute approximate surface area is 158 Å². The van der Waals surface area contributed by atoms with E-state index in [1.165, 1.54) is 0 Å². The van der Waals surface area contributed by atoms with Gasteiger partial charge in [-0.2, -0.15) is 0 Å². The third-order valence-corrected chi connectivity index (χ3v) is 4.94. The average molecular weight is 371 g/mol. The summed E-state index contributed by atoms with van der Waals surface area (Å²) in [4.78, 5) is 24.6. The Balaban J connectivity index is 1.45. The molecule has 0 aromatic heterocycles. The van der Waals surface area contributed by atoms with Gasteiger partial charge in [-0.15, -0.1) is 0 Å². The Morgan fingerprint density at radius 1 is 1.08 bits per heavy atom. The summed E-state index contributed by atoms with van der Waals surface area (Å²) in [5, 5.41) is 6.55. The molecule has 0 radical (unpaired) electrons. The van der Waals surface area contributed by atoms with Gasteiger partial charge in [-0.05, 0) is 56.0 Å². The predicted octanol–water partition coefficient (Wildman–Crippen LogP) is 3.89. The van der Waals surface area contributed by atoms with Gasteiger partial charge in [0.1, 0.15) is 0 Å². The molecule has 0 bridgehead atoms. The highest BCUT2D eigenvalue weighted by molar-refractivity contribution is 6.30. The monoisotopic (exact) mass is 370 g/mol. The Hall–Kier alpha value is -2.33. The van der Waals surface area contributed by atoms with Crippen LogP contribution in [0.15, 0.2) is 42.5 Å². The Bertz CT molecular complexity index is 835. The number of nitrogens with one attached hydrogen (secondary N) is 2. The average Bonchev–Trinajstić information content (AvgIpc) is 3.38. The highest BCUT2D eigenvalue weighted by atomic mass is 35.5. The van der Waals surface area contributed by atoms with Gasteiger partial charge in [-0.25, -0.2) is 0 Å². The molecule has 5 heteroatoms. The molecule has 1 saturated carbocycles. The van der Waals surface area contributed by atoms with Crippen molar-refractivity contribution < 1.29 is 9.59 Å². The fourth-order valence-corrected chi connectivity index (χ4v) is 3.32. The fourth-order valence-electron chi connectivity index (χ4n) is 3.11. The van der Waals surface area contributed by atoms with E-state index in [-0.39, 0.29) is 23.7 Å². The van der Waals surface area contributed by atoms with Crippen molar-refractivity contribution in [2.45, 2.75) is 26.7 Å². The van der Waals surface area contributed by atoms with E-state index in [1.54, 1.807) is 0 Å². The zero-order valence-electron chi connectivity index (χ0n) is 15.0. The van der Waals surface area contributed by atoms with Gasteiger partial charge in [-0.3, -0.25) is 9.59 Å². The third kappa shape index (κ3) is 4.64. The predicted molar refractivity (Wildman–Crippen MR) is 104 cm³/mol. The minimum atomic E-state index is -0.234. The second kappa shape index (κ2) is 7.92. The number of carbonyl (C=O) groups excluding carboxylic acids is 2. The van der Waals surface area contributed by atoms with Crippen LogP contribution in [-0.2, 0) is 16.0 Å². The van der Waals surface area contributed by atoms with E-state index in [0.29, 0.717) is 18.0 Å². The van der Waals surface area contributed by atoms with Crippen LogP contribution in [-0.4, -0.2) is 18.4 Å². The Morgan fingerprint density at radius 2 is 1.85 bits per heavy atom. The lowest BCUT2D eigenvalue weighted by molar-refractivity contribution is -0.125. The van der Waals surface area contributed by atoms with Gasteiger partial charge < -0.3 is 10.6 Å². The number of amides is 2. The quantitative estimate of drug-likeness (QED) is 0.810. The van der Waals surface area contributed by atoms with Crippen LogP contribution in [0.2, 0.25) is 5.02 Å². The third-order valence-electron chi connectivity index (χ3n) is 4.71. The highest BCUT2D eigenvalue weighted by Gasteiger charge is 2.47. The summed E-state index contributed by atoms with van der Waals surface area (Å²) in [6.45, 7) is 4.53. The van der Waals surface area contributed by atoms with Crippen molar-refractivity contribution in [1.82, 2.24) is 5.32 Å². The number of anilines is 1. The summed E-state index contributed by atoms with van der Waals surface area (Å²) in [6, 6.07) is 13.5. The van der Waals surface area contributed by atoms with Gasteiger partial charge in [0.25, 0.3) is 0 Å². The number of halogens is 1. The van der Waals surface area contributed by atoms with Gasteiger partial charge >= 0.3 is 0 Å². The van der Waals surface area contributed by atoms with Gasteiger partial charge in [0.05, 0.1) is 11.8 Å². The molecule has 26 heavy (non-hydrogen) atoms. The topological polar surface area (TPSA) is 58.2 Å². The van der Waals surface area contributed by atoms with Crippen molar-refractivity contribution in [2.75, 3.05) is 11.9 Å². The van der Waals surface area contributed by atoms with Crippen molar-refractivity contribution in [3.8, 4) is 0 Å². The van der Waals surface area contributed by atoms with Gasteiger partial charge in [-0.1, -0.05) is 41.4 Å². The lowest BCUT2D eigenvalue weighted by atomic mass is 10.1. The summed E-state index contributed by atoms with van der Waals surface area (Å²) in [5.41, 5.74) is 4.08. The van der Waals surface area contributed by atoms with E-state index in [1.807, 2.05) is 56.3 Å². The lowest BCUT2D eigenvalue weighted by Crippen LogP contribution is -2.29. The molecule has 2 unspecified atom stereocenters. The molecule has 4 nitrogen and oxygen atoms in total. The zero-order valence-corrected chi connectivity index (χ0v) is 15.8. The molecule has 2 amide bonds. The van der Waals surface area contributed by atoms with Crippen LogP contribution in [0.5, 0.6) is 0 Å². The zero-order chi connectivity index (χ0) is 18.7. The number of aryl methyl sites for hydroxylation is 2. The molecular formula is C21H23ClN2O2. The molecule has 3 rings (SSSR count). The van der Waals surface area contributed by atoms with E-state index in [0.717, 1.165) is 28.8 Å². The SMILES string of the molecule is Cc1ccc(NC(=O)C2CC2C(=O)NCCc2cccc(Cl)c2)c(C)c1.